The molecule has 0 saturated heterocycles. The van der Waals surface area contributed by atoms with Gasteiger partial charge in [0.2, 0.25) is 0 Å². The van der Waals surface area contributed by atoms with Gasteiger partial charge in [-0.25, -0.2) is 0 Å². The molecule has 1 rings (SSSR count). The second-order valence-electron chi connectivity index (χ2n) is 4.93. The van der Waals surface area contributed by atoms with Gasteiger partial charge in [-0.1, -0.05) is 13.8 Å². The van der Waals surface area contributed by atoms with Gasteiger partial charge in [-0.3, -0.25) is 4.79 Å². The Labute approximate surface area is 139 Å². The number of amides is 1. The van der Waals surface area contributed by atoms with Gasteiger partial charge in [-0.2, -0.15) is 0 Å². The van der Waals surface area contributed by atoms with Gasteiger partial charge >= 0.3 is 0 Å². The van der Waals surface area contributed by atoms with Gasteiger partial charge < -0.3 is 20.5 Å². The second-order valence-corrected chi connectivity index (χ2v) is 4.93. The van der Waals surface area contributed by atoms with E-state index >= 15 is 0 Å². The number of hydrogen-bond donors (Lipinski definition) is 2. The smallest absolute Gasteiger partial charge is 0.258 e. The van der Waals surface area contributed by atoms with Crippen molar-refractivity contribution in [2.45, 2.75) is 39.2 Å². The van der Waals surface area contributed by atoms with Crippen LogP contribution in [0.15, 0.2) is 24.3 Å². The van der Waals surface area contributed by atoms with Gasteiger partial charge in [0.25, 0.3) is 5.91 Å². The van der Waals surface area contributed by atoms with Crippen molar-refractivity contribution in [2.75, 3.05) is 19.8 Å². The predicted molar refractivity (Wildman–Crippen MR) is 90.9 cm³/mol. The van der Waals surface area contributed by atoms with E-state index in [1.165, 1.54) is 0 Å². The lowest BCUT2D eigenvalue weighted by molar-refractivity contribution is -0.125. The number of nitrogens with one attached hydrogen (secondary N) is 1. The Morgan fingerprint density at radius 1 is 1.09 bits per heavy atom. The van der Waals surface area contributed by atoms with E-state index in [9.17, 15) is 4.79 Å². The van der Waals surface area contributed by atoms with Crippen molar-refractivity contribution < 1.29 is 14.3 Å². The van der Waals surface area contributed by atoms with Gasteiger partial charge in [0.1, 0.15) is 11.5 Å². The Kier molecular flexibility index (Phi) is 9.61. The monoisotopic (exact) mass is 330 g/mol. The molecule has 0 bridgehead atoms. The van der Waals surface area contributed by atoms with E-state index in [1.807, 2.05) is 32.9 Å². The lowest BCUT2D eigenvalue weighted by atomic mass is 9.93. The molecule has 0 saturated carbocycles. The molecule has 0 spiro atoms. The molecule has 22 heavy (non-hydrogen) atoms. The first-order valence-corrected chi connectivity index (χ1v) is 7.45. The molecule has 0 aliphatic rings. The topological polar surface area (TPSA) is 73.6 Å². The van der Waals surface area contributed by atoms with Gasteiger partial charge in [-0.05, 0) is 44.0 Å². The molecule has 1 aromatic carbocycles. The summed E-state index contributed by atoms with van der Waals surface area (Å²) in [6.45, 7) is 7.00. The normalized spacial score (nSPS) is 10.5. The van der Waals surface area contributed by atoms with E-state index in [-0.39, 0.29) is 30.5 Å². The predicted octanol–water partition coefficient (Wildman–Crippen LogP) is 2.52. The summed E-state index contributed by atoms with van der Waals surface area (Å²) in [7, 11) is 0. The van der Waals surface area contributed by atoms with E-state index in [0.717, 1.165) is 18.6 Å². The molecule has 1 amide bonds. The molecule has 0 aromatic heterocycles. The quantitative estimate of drug-likeness (QED) is 0.729. The Hall–Kier alpha value is -1.46. The van der Waals surface area contributed by atoms with Crippen LogP contribution in [-0.4, -0.2) is 31.2 Å². The van der Waals surface area contributed by atoms with E-state index in [4.69, 9.17) is 15.2 Å². The van der Waals surface area contributed by atoms with E-state index in [1.54, 1.807) is 12.1 Å². The maximum atomic E-state index is 12.0. The van der Waals surface area contributed by atoms with Crippen LogP contribution < -0.4 is 20.5 Å². The molecule has 1 aromatic rings. The van der Waals surface area contributed by atoms with Crippen LogP contribution in [0.1, 0.15) is 33.6 Å². The maximum Gasteiger partial charge on any atom is 0.258 e. The lowest BCUT2D eigenvalue weighted by Gasteiger charge is -2.31. The number of nitrogens with two attached hydrogens (primary N) is 1. The molecule has 0 radical (unpaired) electrons. The average Bonchev–Trinajstić information content (AvgIpc) is 2.52. The van der Waals surface area contributed by atoms with E-state index in [2.05, 4.69) is 5.32 Å². The molecule has 126 valence electrons. The highest BCUT2D eigenvalue weighted by molar-refractivity contribution is 5.85. The third-order valence-corrected chi connectivity index (χ3v) is 3.65. The fraction of sp³-hybridized carbons (Fsp3) is 0.562. The van der Waals surface area contributed by atoms with Crippen LogP contribution in [0, 0.1) is 0 Å². The molecule has 0 fully saturated rings. The number of hydrogen-bond acceptors (Lipinski definition) is 4. The molecular weight excluding hydrogens is 304 g/mol. The first kappa shape index (κ1) is 20.5. The third-order valence-electron chi connectivity index (χ3n) is 3.65. The summed E-state index contributed by atoms with van der Waals surface area (Å²) in [5.41, 5.74) is 5.43. The highest BCUT2D eigenvalue weighted by Crippen LogP contribution is 2.18. The van der Waals surface area contributed by atoms with Gasteiger partial charge in [0.15, 0.2) is 6.61 Å². The SMILES string of the molecule is CCOc1ccc(OCC(=O)NC(CC)(CC)CN)cc1.Cl. The molecule has 6 heteroatoms. The Balaban J connectivity index is 0.00000441. The van der Waals surface area contributed by atoms with Crippen molar-refractivity contribution in [1.82, 2.24) is 5.32 Å². The van der Waals surface area contributed by atoms with Crippen LogP contribution in [0.5, 0.6) is 11.5 Å². The third kappa shape index (κ3) is 6.12. The van der Waals surface area contributed by atoms with Crippen LogP contribution in [-0.2, 0) is 4.79 Å². The van der Waals surface area contributed by atoms with Crippen LogP contribution in [0.4, 0.5) is 0 Å². The maximum absolute atomic E-state index is 12.0. The van der Waals surface area contributed by atoms with Crippen molar-refractivity contribution in [2.24, 2.45) is 5.73 Å². The summed E-state index contributed by atoms with van der Waals surface area (Å²) >= 11 is 0. The van der Waals surface area contributed by atoms with Crippen LogP contribution >= 0.6 is 12.4 Å². The fourth-order valence-electron chi connectivity index (χ4n) is 2.05. The van der Waals surface area contributed by atoms with Crippen LogP contribution in [0.3, 0.4) is 0 Å². The molecule has 0 heterocycles. The van der Waals surface area contributed by atoms with Gasteiger partial charge in [0.05, 0.1) is 12.1 Å². The highest BCUT2D eigenvalue weighted by Gasteiger charge is 2.26. The summed E-state index contributed by atoms with van der Waals surface area (Å²) in [6, 6.07) is 7.21. The zero-order valence-electron chi connectivity index (χ0n) is 13.6. The fourth-order valence-corrected chi connectivity index (χ4v) is 2.05. The first-order chi connectivity index (χ1) is 10.1. The largest absolute Gasteiger partial charge is 0.494 e. The zero-order valence-corrected chi connectivity index (χ0v) is 14.4. The zero-order chi connectivity index (χ0) is 15.7. The van der Waals surface area contributed by atoms with Crippen molar-refractivity contribution in [3.63, 3.8) is 0 Å². The average molecular weight is 331 g/mol. The molecule has 3 N–H and O–H groups in total. The lowest BCUT2D eigenvalue weighted by Crippen LogP contribution is -2.54. The number of carbonyl (C=O) groups excluding carboxylic acids is 1. The minimum Gasteiger partial charge on any atom is -0.494 e. The molecule has 0 aliphatic heterocycles. The minimum absolute atomic E-state index is 0. The van der Waals surface area contributed by atoms with Gasteiger partial charge in [0, 0.05) is 6.54 Å². The Bertz CT molecular complexity index is 425. The number of rotatable bonds is 9. The number of halogens is 1. The van der Waals surface area contributed by atoms with Crippen LogP contribution in [0.2, 0.25) is 0 Å². The van der Waals surface area contributed by atoms with Crippen LogP contribution in [0.25, 0.3) is 0 Å². The van der Waals surface area contributed by atoms with Crippen molar-refractivity contribution in [1.29, 1.82) is 0 Å². The molecule has 5 nitrogen and oxygen atoms in total. The van der Waals surface area contributed by atoms with Crippen molar-refractivity contribution >= 4 is 18.3 Å². The minimum atomic E-state index is -0.334. The molecule has 0 unspecified atom stereocenters. The summed E-state index contributed by atoms with van der Waals surface area (Å²) < 4.78 is 10.8. The second kappa shape index (κ2) is 10.3. The Morgan fingerprint density at radius 3 is 2.00 bits per heavy atom. The molecule has 0 atom stereocenters. The number of carbonyl (C=O) groups is 1. The van der Waals surface area contributed by atoms with E-state index < -0.39 is 0 Å². The highest BCUT2D eigenvalue weighted by atomic mass is 35.5. The number of benzene rings is 1. The van der Waals surface area contributed by atoms with Crippen molar-refractivity contribution in [3.8, 4) is 11.5 Å². The van der Waals surface area contributed by atoms with E-state index in [0.29, 0.717) is 18.9 Å². The van der Waals surface area contributed by atoms with Gasteiger partial charge in [-0.15, -0.1) is 12.4 Å². The summed E-state index contributed by atoms with van der Waals surface area (Å²) in [5.74, 6) is 1.27. The summed E-state index contributed by atoms with van der Waals surface area (Å²) in [6.07, 6.45) is 1.60. The summed E-state index contributed by atoms with van der Waals surface area (Å²) in [5, 5.41) is 2.97. The summed E-state index contributed by atoms with van der Waals surface area (Å²) in [4.78, 5) is 12.0. The standard InChI is InChI=1S/C16H26N2O3.ClH/c1-4-16(5-2,12-17)18-15(19)11-21-14-9-7-13(8-10-14)20-6-3;/h7-10H,4-6,11-12,17H2,1-3H3,(H,18,19);1H. The Morgan fingerprint density at radius 2 is 1.59 bits per heavy atom. The first-order valence-electron chi connectivity index (χ1n) is 7.45. The number of ether oxygens (including phenoxy) is 2. The molecule has 0 aliphatic carbocycles. The van der Waals surface area contributed by atoms with Crippen molar-refractivity contribution in [3.05, 3.63) is 24.3 Å². The molecular formula is C16H27ClN2O3.